The summed E-state index contributed by atoms with van der Waals surface area (Å²) in [5, 5.41) is 0.535. The second-order valence-electron chi connectivity index (χ2n) is 6.83. The monoisotopic (exact) mass is 430 g/mol. The highest BCUT2D eigenvalue weighted by Crippen LogP contribution is 2.38. The van der Waals surface area contributed by atoms with Gasteiger partial charge in [0.2, 0.25) is 0 Å². The number of benzene rings is 2. The van der Waals surface area contributed by atoms with Crippen LogP contribution >= 0.6 is 0 Å². The Morgan fingerprint density at radius 2 is 1.77 bits per heavy atom. The molecule has 4 rings (SSSR count). The summed E-state index contributed by atoms with van der Waals surface area (Å²) in [4.78, 5) is 15.3. The van der Waals surface area contributed by atoms with Gasteiger partial charge in [0.1, 0.15) is 17.1 Å². The first-order valence-corrected chi connectivity index (χ1v) is 10.7. The van der Waals surface area contributed by atoms with Crippen LogP contribution in [0.25, 0.3) is 22.0 Å². The minimum Gasteiger partial charge on any atom is -0.454 e. The van der Waals surface area contributed by atoms with Gasteiger partial charge in [0.15, 0.2) is 21.4 Å². The number of rotatable bonds is 4. The van der Waals surface area contributed by atoms with Crippen LogP contribution < -0.4 is 10.3 Å². The van der Waals surface area contributed by atoms with Gasteiger partial charge >= 0.3 is 0 Å². The molecule has 9 heteroatoms. The topological polar surface area (TPSA) is 81.2 Å². The minimum atomic E-state index is -3.56. The number of halogens is 2. The molecular weight excluding hydrogens is 414 g/mol. The molecule has 2 heterocycles. The molecule has 0 aliphatic carbocycles. The Hall–Kier alpha value is -3.46. The number of hydrogen-bond donors (Lipinski definition) is 1. The number of fused-ring (bicyclic) bond motifs is 1. The van der Waals surface area contributed by atoms with E-state index in [1.807, 2.05) is 0 Å². The SMILES string of the molecule is Cn1cc(-c2cc(S(C)(=O)=O)ccc2Oc2cc(F)ccc2F)c2cc[nH]c2c1=O. The number of sulfone groups is 1. The fourth-order valence-corrected chi connectivity index (χ4v) is 3.84. The fourth-order valence-electron chi connectivity index (χ4n) is 3.20. The van der Waals surface area contributed by atoms with Crippen molar-refractivity contribution in [1.82, 2.24) is 9.55 Å². The van der Waals surface area contributed by atoms with E-state index in [-0.39, 0.29) is 22.0 Å². The van der Waals surface area contributed by atoms with E-state index in [1.54, 1.807) is 19.3 Å². The number of hydrogen-bond acceptors (Lipinski definition) is 4. The van der Waals surface area contributed by atoms with Gasteiger partial charge in [-0.2, -0.15) is 0 Å². The summed E-state index contributed by atoms with van der Waals surface area (Å²) in [7, 11) is -2.01. The Labute approximate surface area is 170 Å². The predicted octanol–water partition coefficient (Wildman–Crippen LogP) is 4.01. The molecule has 0 bridgehead atoms. The van der Waals surface area contributed by atoms with Crippen LogP contribution in [0.2, 0.25) is 0 Å². The van der Waals surface area contributed by atoms with Crippen molar-refractivity contribution in [2.75, 3.05) is 6.26 Å². The van der Waals surface area contributed by atoms with Crippen LogP contribution in [-0.4, -0.2) is 24.2 Å². The molecule has 0 spiro atoms. The number of H-pyrrole nitrogens is 1. The van der Waals surface area contributed by atoms with Crippen LogP contribution in [0.1, 0.15) is 0 Å². The largest absolute Gasteiger partial charge is 0.454 e. The van der Waals surface area contributed by atoms with Crippen LogP contribution in [0.5, 0.6) is 11.5 Å². The third-order valence-electron chi connectivity index (χ3n) is 4.68. The number of aromatic nitrogens is 2. The number of aromatic amines is 1. The van der Waals surface area contributed by atoms with Crippen molar-refractivity contribution in [1.29, 1.82) is 0 Å². The maximum atomic E-state index is 14.1. The number of aryl methyl sites for hydroxylation is 1. The molecule has 0 aliphatic heterocycles. The molecule has 0 saturated heterocycles. The maximum Gasteiger partial charge on any atom is 0.274 e. The average Bonchev–Trinajstić information content (AvgIpc) is 3.17. The van der Waals surface area contributed by atoms with Crippen LogP contribution in [-0.2, 0) is 16.9 Å². The van der Waals surface area contributed by atoms with Gasteiger partial charge in [-0.3, -0.25) is 4.79 Å². The highest BCUT2D eigenvalue weighted by molar-refractivity contribution is 7.90. The highest BCUT2D eigenvalue weighted by Gasteiger charge is 2.19. The van der Waals surface area contributed by atoms with Crippen molar-refractivity contribution < 1.29 is 21.9 Å². The van der Waals surface area contributed by atoms with Gasteiger partial charge in [-0.05, 0) is 36.4 Å². The lowest BCUT2D eigenvalue weighted by Gasteiger charge is -2.15. The quantitative estimate of drug-likeness (QED) is 0.531. The Balaban J connectivity index is 2.00. The van der Waals surface area contributed by atoms with E-state index in [2.05, 4.69) is 4.98 Å². The normalized spacial score (nSPS) is 11.7. The van der Waals surface area contributed by atoms with E-state index in [4.69, 9.17) is 4.74 Å². The molecule has 4 aromatic rings. The summed E-state index contributed by atoms with van der Waals surface area (Å²) in [6.07, 6.45) is 4.18. The molecule has 0 fully saturated rings. The second-order valence-corrected chi connectivity index (χ2v) is 8.85. The van der Waals surface area contributed by atoms with E-state index in [0.29, 0.717) is 22.0 Å². The van der Waals surface area contributed by atoms with Crippen LogP contribution in [0.4, 0.5) is 8.78 Å². The maximum absolute atomic E-state index is 14.1. The average molecular weight is 430 g/mol. The molecule has 0 aliphatic rings. The van der Waals surface area contributed by atoms with Gasteiger partial charge in [-0.25, -0.2) is 17.2 Å². The summed E-state index contributed by atoms with van der Waals surface area (Å²) in [6.45, 7) is 0. The summed E-state index contributed by atoms with van der Waals surface area (Å²) >= 11 is 0. The first-order valence-electron chi connectivity index (χ1n) is 8.79. The summed E-state index contributed by atoms with van der Waals surface area (Å²) < 4.78 is 58.9. The van der Waals surface area contributed by atoms with Crippen molar-refractivity contribution in [3.05, 3.63) is 76.8 Å². The molecule has 0 atom stereocenters. The van der Waals surface area contributed by atoms with Gasteiger partial charge in [0.05, 0.1) is 4.90 Å². The van der Waals surface area contributed by atoms with Crippen molar-refractivity contribution in [3.8, 4) is 22.6 Å². The first-order chi connectivity index (χ1) is 14.1. The summed E-state index contributed by atoms with van der Waals surface area (Å²) in [6, 6.07) is 8.55. The highest BCUT2D eigenvalue weighted by atomic mass is 32.2. The summed E-state index contributed by atoms with van der Waals surface area (Å²) in [5.74, 6) is -1.70. The fraction of sp³-hybridized carbons (Fsp3) is 0.0952. The third kappa shape index (κ3) is 3.48. The van der Waals surface area contributed by atoms with Crippen LogP contribution in [0.3, 0.4) is 0 Å². The molecule has 2 aromatic heterocycles. The first kappa shape index (κ1) is 19.8. The van der Waals surface area contributed by atoms with Crippen molar-refractivity contribution >= 4 is 20.7 Å². The number of pyridine rings is 1. The molecule has 2 aromatic carbocycles. The van der Waals surface area contributed by atoms with E-state index in [0.717, 1.165) is 24.5 Å². The Morgan fingerprint density at radius 1 is 1.00 bits per heavy atom. The molecule has 0 saturated carbocycles. The molecule has 6 nitrogen and oxygen atoms in total. The number of nitrogens with zero attached hydrogens (tertiary/aromatic N) is 1. The van der Waals surface area contributed by atoms with Gasteiger partial charge in [0.25, 0.3) is 5.56 Å². The molecule has 0 amide bonds. The summed E-state index contributed by atoms with van der Waals surface area (Å²) in [5.41, 5.74) is 0.853. The Kier molecular flexibility index (Phi) is 4.70. The van der Waals surface area contributed by atoms with Gasteiger partial charge in [-0.15, -0.1) is 0 Å². The lowest BCUT2D eigenvalue weighted by atomic mass is 10.0. The van der Waals surface area contributed by atoms with Crippen LogP contribution in [0.15, 0.2) is 64.5 Å². The smallest absolute Gasteiger partial charge is 0.274 e. The zero-order valence-corrected chi connectivity index (χ0v) is 16.8. The zero-order chi connectivity index (χ0) is 21.6. The van der Waals surface area contributed by atoms with Crippen molar-refractivity contribution in [3.63, 3.8) is 0 Å². The zero-order valence-electron chi connectivity index (χ0n) is 15.9. The molecular formula is C21H16F2N2O4S. The van der Waals surface area contributed by atoms with Gasteiger partial charge in [-0.1, -0.05) is 0 Å². The van der Waals surface area contributed by atoms with E-state index < -0.39 is 21.5 Å². The van der Waals surface area contributed by atoms with Crippen molar-refractivity contribution in [2.24, 2.45) is 7.05 Å². The minimum absolute atomic E-state index is 0.0158. The van der Waals surface area contributed by atoms with Crippen molar-refractivity contribution in [2.45, 2.75) is 4.90 Å². The van der Waals surface area contributed by atoms with Gasteiger partial charge < -0.3 is 14.3 Å². The predicted molar refractivity (Wildman–Crippen MR) is 109 cm³/mol. The van der Waals surface area contributed by atoms with E-state index >= 15 is 0 Å². The standard InChI is InChI=1S/C21H16F2N2O4S/c1-25-11-16(14-7-8-24-20(14)21(25)26)15-10-13(30(2,27)28)4-6-18(15)29-19-9-12(22)3-5-17(19)23/h3-11,24H,1-2H3. The van der Waals surface area contributed by atoms with Gasteiger partial charge in [0, 0.05) is 48.3 Å². The van der Waals surface area contributed by atoms with Crippen LogP contribution in [0, 0.1) is 11.6 Å². The second kappa shape index (κ2) is 7.10. The Bertz CT molecular complexity index is 1460. The molecule has 0 unspecified atom stereocenters. The van der Waals surface area contributed by atoms with E-state index in [9.17, 15) is 22.0 Å². The third-order valence-corrected chi connectivity index (χ3v) is 5.79. The lowest BCUT2D eigenvalue weighted by molar-refractivity contribution is 0.437. The van der Waals surface area contributed by atoms with E-state index in [1.165, 1.54) is 29.0 Å². The number of nitrogens with one attached hydrogen (secondary N) is 1. The molecule has 0 radical (unpaired) electrons. The lowest BCUT2D eigenvalue weighted by Crippen LogP contribution is -2.16. The molecule has 30 heavy (non-hydrogen) atoms. The molecule has 154 valence electrons. The Morgan fingerprint density at radius 3 is 2.50 bits per heavy atom. The number of ether oxygens (including phenoxy) is 1. The molecule has 1 N–H and O–H groups in total.